The summed E-state index contributed by atoms with van der Waals surface area (Å²) in [5.41, 5.74) is -0.219. The van der Waals surface area contributed by atoms with Crippen molar-refractivity contribution in [1.29, 1.82) is 0 Å². The molecule has 2 heterocycles. The largest absolute Gasteiger partial charge is 0.373 e. The van der Waals surface area contributed by atoms with Crippen LogP contribution >= 0.6 is 0 Å². The minimum absolute atomic E-state index is 0.121. The van der Waals surface area contributed by atoms with E-state index >= 15 is 0 Å². The molecule has 0 radical (unpaired) electrons. The number of hydrogen-bond acceptors (Lipinski definition) is 6. The molecule has 7 heteroatoms. The van der Waals surface area contributed by atoms with E-state index < -0.39 is 0 Å². The Hall–Kier alpha value is -2.18. The third kappa shape index (κ3) is 3.04. The first-order valence-corrected chi connectivity index (χ1v) is 6.44. The Morgan fingerprint density at radius 3 is 2.30 bits per heavy atom. The van der Waals surface area contributed by atoms with Crippen molar-refractivity contribution in [1.82, 2.24) is 15.3 Å². The predicted molar refractivity (Wildman–Crippen MR) is 75.6 cm³/mol. The van der Waals surface area contributed by atoms with Crippen molar-refractivity contribution in [2.45, 2.75) is 26.2 Å². The van der Waals surface area contributed by atoms with Crippen molar-refractivity contribution in [3.63, 3.8) is 0 Å². The van der Waals surface area contributed by atoms with Crippen LogP contribution in [0.4, 0.5) is 11.6 Å². The number of carbonyl (C=O) groups is 2. The Morgan fingerprint density at radius 1 is 1.20 bits per heavy atom. The second-order valence-corrected chi connectivity index (χ2v) is 5.76. The number of amides is 2. The van der Waals surface area contributed by atoms with Crippen LogP contribution < -0.4 is 15.5 Å². The van der Waals surface area contributed by atoms with Gasteiger partial charge >= 0.3 is 0 Å². The average molecular weight is 277 g/mol. The van der Waals surface area contributed by atoms with Crippen LogP contribution in [0.25, 0.3) is 0 Å². The number of nitrogens with zero attached hydrogens (tertiary/aromatic N) is 3. The highest BCUT2D eigenvalue weighted by molar-refractivity contribution is 6.02. The maximum Gasteiger partial charge on any atom is 0.246 e. The molecule has 0 atom stereocenters. The van der Waals surface area contributed by atoms with Crippen molar-refractivity contribution in [2.24, 2.45) is 0 Å². The van der Waals surface area contributed by atoms with E-state index in [1.165, 1.54) is 0 Å². The SMILES string of the molecule is CNc1cc(N2CC(=O)NC(=O)C2)nc(C(C)(C)C)n1. The van der Waals surface area contributed by atoms with Gasteiger partial charge in [0.1, 0.15) is 17.5 Å². The highest BCUT2D eigenvalue weighted by atomic mass is 16.2. The Labute approximate surface area is 117 Å². The van der Waals surface area contributed by atoms with Crippen molar-refractivity contribution in [3.05, 3.63) is 11.9 Å². The molecule has 20 heavy (non-hydrogen) atoms. The van der Waals surface area contributed by atoms with Crippen LogP contribution in [0.5, 0.6) is 0 Å². The van der Waals surface area contributed by atoms with Gasteiger partial charge in [-0.2, -0.15) is 0 Å². The smallest absolute Gasteiger partial charge is 0.246 e. The number of piperazine rings is 1. The molecule has 1 aliphatic heterocycles. The topological polar surface area (TPSA) is 87.2 Å². The van der Waals surface area contributed by atoms with Crippen LogP contribution in [0.1, 0.15) is 26.6 Å². The number of aromatic nitrogens is 2. The Balaban J connectivity index is 2.40. The number of carbonyl (C=O) groups excluding carboxylic acids is 2. The highest BCUT2D eigenvalue weighted by Crippen LogP contribution is 2.24. The van der Waals surface area contributed by atoms with E-state index in [1.807, 2.05) is 20.8 Å². The molecular weight excluding hydrogens is 258 g/mol. The van der Waals surface area contributed by atoms with Gasteiger partial charge in [-0.3, -0.25) is 14.9 Å². The molecule has 2 rings (SSSR count). The molecule has 0 spiro atoms. The van der Waals surface area contributed by atoms with Crippen molar-refractivity contribution in [3.8, 4) is 0 Å². The molecule has 108 valence electrons. The first-order valence-electron chi connectivity index (χ1n) is 6.44. The number of hydrogen-bond donors (Lipinski definition) is 2. The summed E-state index contributed by atoms with van der Waals surface area (Å²) in [6.07, 6.45) is 0. The molecule has 0 bridgehead atoms. The van der Waals surface area contributed by atoms with Gasteiger partial charge < -0.3 is 10.2 Å². The van der Waals surface area contributed by atoms with Crippen LogP contribution in [0.2, 0.25) is 0 Å². The van der Waals surface area contributed by atoms with E-state index in [2.05, 4.69) is 20.6 Å². The van der Waals surface area contributed by atoms with Crippen molar-refractivity contribution >= 4 is 23.5 Å². The number of rotatable bonds is 2. The minimum atomic E-state index is -0.317. The normalized spacial score (nSPS) is 16.1. The lowest BCUT2D eigenvalue weighted by Gasteiger charge is -2.28. The number of imide groups is 1. The van der Waals surface area contributed by atoms with Crippen LogP contribution in [0, 0.1) is 0 Å². The first-order chi connectivity index (χ1) is 9.29. The number of anilines is 2. The summed E-state index contributed by atoms with van der Waals surface area (Å²) in [6, 6.07) is 1.74. The fourth-order valence-corrected chi connectivity index (χ4v) is 1.86. The van der Waals surface area contributed by atoms with Crippen LogP contribution in [0.3, 0.4) is 0 Å². The summed E-state index contributed by atoms with van der Waals surface area (Å²) < 4.78 is 0. The van der Waals surface area contributed by atoms with Gasteiger partial charge in [-0.15, -0.1) is 0 Å². The molecule has 7 nitrogen and oxygen atoms in total. The average Bonchev–Trinajstić information content (AvgIpc) is 2.36. The van der Waals surface area contributed by atoms with E-state index in [4.69, 9.17) is 0 Å². The third-order valence-corrected chi connectivity index (χ3v) is 2.91. The molecular formula is C13H19N5O2. The highest BCUT2D eigenvalue weighted by Gasteiger charge is 2.26. The third-order valence-electron chi connectivity index (χ3n) is 2.91. The van der Waals surface area contributed by atoms with Gasteiger partial charge in [0.05, 0.1) is 13.1 Å². The molecule has 2 N–H and O–H groups in total. The van der Waals surface area contributed by atoms with Crippen LogP contribution in [-0.2, 0) is 15.0 Å². The maximum atomic E-state index is 11.5. The minimum Gasteiger partial charge on any atom is -0.373 e. The quantitative estimate of drug-likeness (QED) is 0.755. The molecule has 0 unspecified atom stereocenters. The van der Waals surface area contributed by atoms with Crippen molar-refractivity contribution in [2.75, 3.05) is 30.4 Å². The Kier molecular flexibility index (Phi) is 3.61. The second-order valence-electron chi connectivity index (χ2n) is 5.76. The summed E-state index contributed by atoms with van der Waals surface area (Å²) in [5, 5.41) is 5.25. The van der Waals surface area contributed by atoms with E-state index in [9.17, 15) is 9.59 Å². The lowest BCUT2D eigenvalue weighted by Crippen LogP contribution is -2.51. The standard InChI is InChI=1S/C13H19N5O2/c1-13(2,3)12-15-8(14-4)5-9(16-12)18-6-10(19)17-11(20)7-18/h5H,6-7H2,1-4H3,(H,14,15,16)(H,17,19,20). The summed E-state index contributed by atoms with van der Waals surface area (Å²) in [4.78, 5) is 33.5. The molecule has 0 aromatic carbocycles. The van der Waals surface area contributed by atoms with Gasteiger partial charge in [-0.05, 0) is 0 Å². The molecule has 1 aliphatic rings. The van der Waals surface area contributed by atoms with Gasteiger partial charge in [0.15, 0.2) is 0 Å². The predicted octanol–water partition coefficient (Wildman–Crippen LogP) is 0.279. The maximum absolute atomic E-state index is 11.5. The van der Waals surface area contributed by atoms with Gasteiger partial charge in [-0.25, -0.2) is 9.97 Å². The van der Waals surface area contributed by atoms with Gasteiger partial charge in [0.25, 0.3) is 0 Å². The summed E-state index contributed by atoms with van der Waals surface area (Å²) >= 11 is 0. The van der Waals surface area contributed by atoms with Gasteiger partial charge in [-0.1, -0.05) is 20.8 Å². The van der Waals surface area contributed by atoms with Gasteiger partial charge in [0, 0.05) is 18.5 Å². The Bertz CT molecular complexity index is 534. The van der Waals surface area contributed by atoms with E-state index in [0.717, 1.165) is 0 Å². The zero-order chi connectivity index (χ0) is 14.9. The number of nitrogens with one attached hydrogen (secondary N) is 2. The monoisotopic (exact) mass is 277 g/mol. The molecule has 0 saturated carbocycles. The second kappa shape index (κ2) is 5.07. The van der Waals surface area contributed by atoms with Crippen molar-refractivity contribution < 1.29 is 9.59 Å². The van der Waals surface area contributed by atoms with Gasteiger partial charge in [0.2, 0.25) is 11.8 Å². The lowest BCUT2D eigenvalue weighted by atomic mass is 9.96. The summed E-state index contributed by atoms with van der Waals surface area (Å²) in [6.45, 7) is 6.28. The zero-order valence-corrected chi connectivity index (χ0v) is 12.1. The lowest BCUT2D eigenvalue weighted by molar-refractivity contribution is -0.130. The zero-order valence-electron chi connectivity index (χ0n) is 12.1. The summed E-state index contributed by atoms with van der Waals surface area (Å²) in [5.74, 6) is 1.28. The molecule has 1 saturated heterocycles. The van der Waals surface area contributed by atoms with E-state index in [-0.39, 0.29) is 30.3 Å². The van der Waals surface area contributed by atoms with E-state index in [0.29, 0.717) is 17.5 Å². The van der Waals surface area contributed by atoms with Crippen LogP contribution in [-0.4, -0.2) is 41.9 Å². The first kappa shape index (κ1) is 14.2. The molecule has 0 aliphatic carbocycles. The van der Waals surface area contributed by atoms with E-state index in [1.54, 1.807) is 18.0 Å². The summed E-state index contributed by atoms with van der Waals surface area (Å²) in [7, 11) is 1.77. The Morgan fingerprint density at radius 2 is 1.80 bits per heavy atom. The van der Waals surface area contributed by atoms with Crippen LogP contribution in [0.15, 0.2) is 6.07 Å². The molecule has 1 fully saturated rings. The molecule has 1 aromatic rings. The molecule has 1 aromatic heterocycles. The fraction of sp³-hybridized carbons (Fsp3) is 0.538. The fourth-order valence-electron chi connectivity index (χ4n) is 1.86. The molecule has 2 amide bonds.